The lowest BCUT2D eigenvalue weighted by atomic mass is 9.91. The first-order valence-corrected chi connectivity index (χ1v) is 15.7. The lowest BCUT2D eigenvalue weighted by Gasteiger charge is -2.34. The van der Waals surface area contributed by atoms with Crippen LogP contribution in [-0.4, -0.2) is 64.9 Å². The van der Waals surface area contributed by atoms with Crippen LogP contribution in [0.4, 0.5) is 18.9 Å². The van der Waals surface area contributed by atoms with E-state index in [-0.39, 0.29) is 12.3 Å². The molecule has 248 valence electrons. The van der Waals surface area contributed by atoms with Crippen molar-refractivity contribution in [1.29, 1.82) is 0 Å². The Morgan fingerprint density at radius 3 is 2.30 bits per heavy atom. The van der Waals surface area contributed by atoms with Crippen molar-refractivity contribution in [2.45, 2.75) is 63.6 Å². The average molecular weight is 644 g/mol. The highest BCUT2D eigenvalue weighted by atomic mass is 19.4. The van der Waals surface area contributed by atoms with Crippen LogP contribution in [0, 0.1) is 17.8 Å². The molecule has 12 heteroatoms. The van der Waals surface area contributed by atoms with E-state index in [2.05, 4.69) is 45.1 Å². The number of aromatic nitrogens is 2. The number of alkyl halides is 3. The van der Waals surface area contributed by atoms with Gasteiger partial charge in [0.15, 0.2) is 0 Å². The van der Waals surface area contributed by atoms with Gasteiger partial charge in [0.25, 0.3) is 0 Å². The molecule has 9 nitrogen and oxygen atoms in total. The molecule has 2 heterocycles. The van der Waals surface area contributed by atoms with Crippen LogP contribution in [0.3, 0.4) is 0 Å². The van der Waals surface area contributed by atoms with Gasteiger partial charge in [0.1, 0.15) is 11.5 Å². The second-order valence-electron chi connectivity index (χ2n) is 12.4. The number of anilines is 1. The van der Waals surface area contributed by atoms with Crippen molar-refractivity contribution in [3.63, 3.8) is 0 Å². The average Bonchev–Trinajstić information content (AvgIpc) is 3.98. The van der Waals surface area contributed by atoms with E-state index in [4.69, 9.17) is 19.4 Å². The fourth-order valence-electron chi connectivity index (χ4n) is 5.94. The van der Waals surface area contributed by atoms with Gasteiger partial charge < -0.3 is 24.6 Å². The molecule has 2 aliphatic carbocycles. The molecular formula is C34H40F3N3O6. The summed E-state index contributed by atoms with van der Waals surface area (Å²) in [5.74, 6) is 0.103. The third kappa shape index (κ3) is 9.17. The Bertz CT molecular complexity index is 1490. The van der Waals surface area contributed by atoms with Crippen LogP contribution in [0.2, 0.25) is 0 Å². The number of nitrogens with zero attached hydrogens (tertiary/aromatic N) is 3. The standard InChI is InChI=1S/C32H39N3O4.C2HF3O2/c1-38-27-9-10-29(26-18-33-35(20-26)19-22-5-6-22)31(16-27)34-13-11-23(12-14-34)21-39-28-4-2-3-25(15-28)30(17-32(36)37)24-7-8-24;3-2(4,5)1(6)7/h2-4,9-10,15-16,18,20,22-24,30H,5-8,11-14,17,19,21H2,1H3,(H,36,37);(H,6,7)/t30-;/m0./s1. The number of rotatable bonds is 12. The van der Waals surface area contributed by atoms with Crippen molar-refractivity contribution in [2.75, 3.05) is 31.7 Å². The van der Waals surface area contributed by atoms with Crippen LogP contribution in [0.5, 0.6) is 11.5 Å². The number of aliphatic carboxylic acids is 2. The molecule has 1 saturated heterocycles. The van der Waals surface area contributed by atoms with E-state index in [1.54, 1.807) is 7.11 Å². The summed E-state index contributed by atoms with van der Waals surface area (Å²) in [7, 11) is 1.72. The summed E-state index contributed by atoms with van der Waals surface area (Å²) in [6.07, 6.45) is 6.29. The largest absolute Gasteiger partial charge is 0.497 e. The fourth-order valence-corrected chi connectivity index (χ4v) is 5.94. The number of halogens is 3. The monoisotopic (exact) mass is 643 g/mol. The van der Waals surface area contributed by atoms with E-state index in [0.29, 0.717) is 18.4 Å². The van der Waals surface area contributed by atoms with Crippen LogP contribution in [0.1, 0.15) is 56.4 Å². The molecule has 2 saturated carbocycles. The summed E-state index contributed by atoms with van der Waals surface area (Å²) < 4.78 is 45.7. The zero-order valence-electron chi connectivity index (χ0n) is 25.8. The molecule has 0 radical (unpaired) electrons. The van der Waals surface area contributed by atoms with Gasteiger partial charge in [-0.2, -0.15) is 18.3 Å². The second kappa shape index (κ2) is 14.5. The molecule has 6 rings (SSSR count). The van der Waals surface area contributed by atoms with E-state index in [1.807, 2.05) is 24.4 Å². The number of benzene rings is 2. The van der Waals surface area contributed by atoms with Gasteiger partial charge in [0.05, 0.1) is 26.3 Å². The molecule has 3 fully saturated rings. The molecule has 1 aromatic heterocycles. The van der Waals surface area contributed by atoms with Gasteiger partial charge in [-0.05, 0) is 92.0 Å². The number of carboxylic acids is 2. The lowest BCUT2D eigenvalue weighted by molar-refractivity contribution is -0.192. The Balaban J connectivity index is 0.000000537. The number of carbonyl (C=O) groups is 2. The summed E-state index contributed by atoms with van der Waals surface area (Å²) in [5.41, 5.74) is 4.66. The van der Waals surface area contributed by atoms with Gasteiger partial charge in [-0.1, -0.05) is 12.1 Å². The summed E-state index contributed by atoms with van der Waals surface area (Å²) in [4.78, 5) is 22.8. The quantitative estimate of drug-likeness (QED) is 0.220. The van der Waals surface area contributed by atoms with Crippen molar-refractivity contribution < 1.29 is 42.4 Å². The molecule has 0 amide bonds. The molecule has 0 unspecified atom stereocenters. The number of carboxylic acid groups (broad SMARTS) is 2. The first-order chi connectivity index (χ1) is 22.0. The SMILES string of the molecule is COc1ccc(-c2cnn(CC3CC3)c2)c(N2CCC(COc3cccc([C@@H](CC(=O)O)C4CC4)c3)CC2)c1.O=C(O)C(F)(F)F. The zero-order chi connectivity index (χ0) is 32.8. The number of hydrogen-bond acceptors (Lipinski definition) is 6. The van der Waals surface area contributed by atoms with Crippen molar-refractivity contribution >= 4 is 17.6 Å². The minimum Gasteiger partial charge on any atom is -0.497 e. The van der Waals surface area contributed by atoms with Gasteiger partial charge in [-0.25, -0.2) is 4.79 Å². The van der Waals surface area contributed by atoms with Crippen molar-refractivity contribution in [1.82, 2.24) is 9.78 Å². The lowest BCUT2D eigenvalue weighted by Crippen LogP contribution is -2.35. The minimum absolute atomic E-state index is 0.0900. The van der Waals surface area contributed by atoms with E-state index >= 15 is 0 Å². The summed E-state index contributed by atoms with van der Waals surface area (Å²) in [6, 6.07) is 14.5. The van der Waals surface area contributed by atoms with Gasteiger partial charge in [-0.3, -0.25) is 9.48 Å². The van der Waals surface area contributed by atoms with Crippen LogP contribution in [0.15, 0.2) is 54.9 Å². The predicted molar refractivity (Wildman–Crippen MR) is 165 cm³/mol. The Hall–Kier alpha value is -4.22. The third-order valence-electron chi connectivity index (χ3n) is 8.85. The van der Waals surface area contributed by atoms with Crippen LogP contribution in [0.25, 0.3) is 11.1 Å². The van der Waals surface area contributed by atoms with Crippen LogP contribution in [-0.2, 0) is 16.1 Å². The second-order valence-corrected chi connectivity index (χ2v) is 12.4. The fraction of sp³-hybridized carbons (Fsp3) is 0.500. The minimum atomic E-state index is -5.08. The molecule has 1 aliphatic heterocycles. The highest BCUT2D eigenvalue weighted by Crippen LogP contribution is 2.45. The van der Waals surface area contributed by atoms with Crippen molar-refractivity contribution in [3.05, 3.63) is 60.4 Å². The smallest absolute Gasteiger partial charge is 0.490 e. The molecule has 3 aliphatic rings. The zero-order valence-corrected chi connectivity index (χ0v) is 25.8. The van der Waals surface area contributed by atoms with E-state index in [0.717, 1.165) is 73.9 Å². The number of hydrogen-bond donors (Lipinski definition) is 2. The maximum absolute atomic E-state index is 11.4. The van der Waals surface area contributed by atoms with Gasteiger partial charge in [0, 0.05) is 48.7 Å². The molecular weight excluding hydrogens is 603 g/mol. The van der Waals surface area contributed by atoms with Crippen LogP contribution >= 0.6 is 0 Å². The molecule has 3 aromatic rings. The Labute approximate surface area is 265 Å². The number of piperidine rings is 1. The Kier molecular flexibility index (Phi) is 10.4. The number of ether oxygens (including phenoxy) is 2. The maximum atomic E-state index is 11.4. The Morgan fingerprint density at radius 1 is 0.978 bits per heavy atom. The van der Waals surface area contributed by atoms with Gasteiger partial charge >= 0.3 is 18.1 Å². The molecule has 0 bridgehead atoms. The van der Waals surface area contributed by atoms with Gasteiger partial charge in [0.2, 0.25) is 0 Å². The summed E-state index contributed by atoms with van der Waals surface area (Å²) >= 11 is 0. The van der Waals surface area contributed by atoms with Crippen molar-refractivity contribution in [3.8, 4) is 22.6 Å². The molecule has 0 spiro atoms. The molecule has 2 aromatic carbocycles. The predicted octanol–water partition coefficient (Wildman–Crippen LogP) is 6.87. The molecule has 2 N–H and O–H groups in total. The van der Waals surface area contributed by atoms with Gasteiger partial charge in [-0.15, -0.1) is 0 Å². The molecule has 1 atom stereocenters. The van der Waals surface area contributed by atoms with E-state index < -0.39 is 18.1 Å². The highest BCUT2D eigenvalue weighted by Gasteiger charge is 2.38. The Morgan fingerprint density at radius 2 is 1.70 bits per heavy atom. The normalized spacial score (nSPS) is 17.5. The first-order valence-electron chi connectivity index (χ1n) is 15.7. The summed E-state index contributed by atoms with van der Waals surface area (Å²) in [6.45, 7) is 3.63. The maximum Gasteiger partial charge on any atom is 0.490 e. The topological polar surface area (TPSA) is 114 Å². The number of methoxy groups -OCH3 is 1. The molecule has 46 heavy (non-hydrogen) atoms. The first kappa shape index (κ1) is 33.2. The van der Waals surface area contributed by atoms with Crippen molar-refractivity contribution in [2.24, 2.45) is 17.8 Å². The van der Waals surface area contributed by atoms with E-state index in [9.17, 15) is 23.1 Å². The van der Waals surface area contributed by atoms with E-state index in [1.165, 1.54) is 24.1 Å². The highest BCUT2D eigenvalue weighted by molar-refractivity contribution is 5.79. The third-order valence-corrected chi connectivity index (χ3v) is 8.85. The van der Waals surface area contributed by atoms with Crippen LogP contribution < -0.4 is 14.4 Å². The summed E-state index contributed by atoms with van der Waals surface area (Å²) in [5, 5.41) is 21.1.